The Morgan fingerprint density at radius 2 is 1.55 bits per heavy atom. The van der Waals surface area contributed by atoms with Crippen LogP contribution in [-0.4, -0.2) is 20.9 Å². The largest absolute Gasteiger partial charge is 0.348 e. The highest BCUT2D eigenvalue weighted by molar-refractivity contribution is 7.92. The van der Waals surface area contributed by atoms with E-state index in [-0.39, 0.29) is 23.4 Å². The van der Waals surface area contributed by atoms with E-state index in [1.54, 1.807) is 42.5 Å². The number of amides is 1. The van der Waals surface area contributed by atoms with Crippen LogP contribution in [-0.2, 0) is 14.8 Å². The molecule has 6 heteroatoms. The number of aryl methyl sites for hydroxylation is 2. The summed E-state index contributed by atoms with van der Waals surface area (Å²) in [6, 6.07) is 21.3. The van der Waals surface area contributed by atoms with E-state index in [2.05, 4.69) is 5.32 Å². The monoisotopic (exact) mass is 436 g/mol. The van der Waals surface area contributed by atoms with Crippen LogP contribution in [0.2, 0.25) is 0 Å². The Labute approximate surface area is 184 Å². The van der Waals surface area contributed by atoms with E-state index in [0.29, 0.717) is 5.69 Å². The van der Waals surface area contributed by atoms with Crippen molar-refractivity contribution < 1.29 is 13.2 Å². The number of hydrogen-bond acceptors (Lipinski definition) is 3. The van der Waals surface area contributed by atoms with Gasteiger partial charge >= 0.3 is 0 Å². The zero-order chi connectivity index (χ0) is 22.6. The molecule has 0 saturated heterocycles. The molecule has 0 spiro atoms. The van der Waals surface area contributed by atoms with E-state index < -0.39 is 10.0 Å². The van der Waals surface area contributed by atoms with Crippen LogP contribution in [0.25, 0.3) is 0 Å². The highest BCUT2D eigenvalue weighted by Crippen LogP contribution is 2.28. The highest BCUT2D eigenvalue weighted by Gasteiger charge is 2.28. The minimum atomic E-state index is -3.92. The summed E-state index contributed by atoms with van der Waals surface area (Å²) in [5.41, 5.74) is 4.38. The minimum Gasteiger partial charge on any atom is -0.348 e. The fourth-order valence-electron chi connectivity index (χ4n) is 3.38. The molecule has 0 heterocycles. The number of nitrogens with one attached hydrogen (secondary N) is 1. The van der Waals surface area contributed by atoms with Crippen molar-refractivity contribution in [2.45, 2.75) is 38.6 Å². The lowest BCUT2D eigenvalue weighted by atomic mass is 10.1. The maximum atomic E-state index is 13.5. The molecule has 1 N–H and O–H groups in total. The quantitative estimate of drug-likeness (QED) is 0.585. The molecule has 0 aliphatic rings. The molecule has 3 rings (SSSR count). The highest BCUT2D eigenvalue weighted by atomic mass is 32.2. The molecule has 0 saturated carbocycles. The molecule has 3 aromatic rings. The molecule has 0 radical (unpaired) electrons. The Kier molecular flexibility index (Phi) is 6.81. The van der Waals surface area contributed by atoms with Crippen LogP contribution in [0.4, 0.5) is 5.69 Å². The van der Waals surface area contributed by atoms with Crippen LogP contribution in [0.3, 0.4) is 0 Å². The Morgan fingerprint density at radius 3 is 2.19 bits per heavy atom. The minimum absolute atomic E-state index is 0.148. The Bertz CT molecular complexity index is 1160. The van der Waals surface area contributed by atoms with Gasteiger partial charge in [0.1, 0.15) is 6.54 Å². The van der Waals surface area contributed by atoms with Gasteiger partial charge in [-0.2, -0.15) is 0 Å². The molecule has 0 bridgehead atoms. The number of nitrogens with zero attached hydrogens (tertiary/aromatic N) is 1. The maximum Gasteiger partial charge on any atom is 0.264 e. The Hall–Kier alpha value is -3.12. The second-order valence-electron chi connectivity index (χ2n) is 7.74. The van der Waals surface area contributed by atoms with Crippen molar-refractivity contribution in [1.82, 2.24) is 5.32 Å². The topological polar surface area (TPSA) is 66.5 Å². The van der Waals surface area contributed by atoms with Gasteiger partial charge in [-0.25, -0.2) is 8.42 Å². The van der Waals surface area contributed by atoms with Crippen molar-refractivity contribution in [3.05, 3.63) is 95.1 Å². The zero-order valence-corrected chi connectivity index (χ0v) is 19.1. The lowest BCUT2D eigenvalue weighted by Gasteiger charge is -2.27. The van der Waals surface area contributed by atoms with Crippen molar-refractivity contribution in [2.75, 3.05) is 10.8 Å². The third-order valence-electron chi connectivity index (χ3n) is 5.42. The van der Waals surface area contributed by atoms with Gasteiger partial charge in [0.05, 0.1) is 16.6 Å². The van der Waals surface area contributed by atoms with Gasteiger partial charge in [0.25, 0.3) is 10.0 Å². The molecule has 0 aliphatic heterocycles. The summed E-state index contributed by atoms with van der Waals surface area (Å²) in [6.07, 6.45) is 0. The summed E-state index contributed by atoms with van der Waals surface area (Å²) in [5, 5.41) is 2.93. The average molecular weight is 437 g/mol. The Morgan fingerprint density at radius 1 is 0.903 bits per heavy atom. The maximum absolute atomic E-state index is 13.5. The first-order chi connectivity index (χ1) is 14.7. The molecule has 3 aromatic carbocycles. The molecule has 0 unspecified atom stereocenters. The van der Waals surface area contributed by atoms with E-state index in [0.717, 1.165) is 22.3 Å². The summed E-state index contributed by atoms with van der Waals surface area (Å²) < 4.78 is 28.1. The van der Waals surface area contributed by atoms with Crippen LogP contribution >= 0.6 is 0 Å². The molecular weight excluding hydrogens is 408 g/mol. The van der Waals surface area contributed by atoms with Gasteiger partial charge in [0, 0.05) is 0 Å². The summed E-state index contributed by atoms with van der Waals surface area (Å²) in [6.45, 7) is 7.37. The third-order valence-corrected chi connectivity index (χ3v) is 7.19. The second kappa shape index (κ2) is 9.35. The van der Waals surface area contributed by atoms with Crippen LogP contribution in [0.15, 0.2) is 77.7 Å². The van der Waals surface area contributed by atoms with Gasteiger partial charge in [0.15, 0.2) is 0 Å². The molecule has 162 valence electrons. The van der Waals surface area contributed by atoms with E-state index in [4.69, 9.17) is 0 Å². The van der Waals surface area contributed by atoms with Gasteiger partial charge in [-0.3, -0.25) is 9.10 Å². The van der Waals surface area contributed by atoms with Crippen molar-refractivity contribution in [3.63, 3.8) is 0 Å². The first-order valence-electron chi connectivity index (χ1n) is 10.2. The average Bonchev–Trinajstić information content (AvgIpc) is 2.75. The number of carbonyl (C=O) groups excluding carboxylic acids is 1. The van der Waals surface area contributed by atoms with Gasteiger partial charge in [0.2, 0.25) is 5.91 Å². The van der Waals surface area contributed by atoms with Crippen molar-refractivity contribution in [1.29, 1.82) is 0 Å². The molecular formula is C25H28N2O3S. The Balaban J connectivity index is 1.92. The molecule has 5 nitrogen and oxygen atoms in total. The van der Waals surface area contributed by atoms with Gasteiger partial charge < -0.3 is 5.32 Å². The molecule has 0 aliphatic carbocycles. The predicted molar refractivity (Wildman–Crippen MR) is 125 cm³/mol. The standard InChI is InChI=1S/C25H28N2O3S/c1-18-13-15-22(16-14-18)21(4)26-25(28)17-27(24-12-8-9-19(2)20(24)3)31(29,30)23-10-6-5-7-11-23/h5-16,21H,17H2,1-4H3,(H,26,28)/t21-/m0/s1. The van der Waals surface area contributed by atoms with E-state index >= 15 is 0 Å². The van der Waals surface area contributed by atoms with Gasteiger partial charge in [-0.15, -0.1) is 0 Å². The van der Waals surface area contributed by atoms with Crippen molar-refractivity contribution >= 4 is 21.6 Å². The summed E-state index contributed by atoms with van der Waals surface area (Å²) >= 11 is 0. The summed E-state index contributed by atoms with van der Waals surface area (Å²) in [4.78, 5) is 13.1. The lowest BCUT2D eigenvalue weighted by molar-refractivity contribution is -0.120. The van der Waals surface area contributed by atoms with Crippen molar-refractivity contribution in [2.24, 2.45) is 0 Å². The van der Waals surface area contributed by atoms with E-state index in [9.17, 15) is 13.2 Å². The number of anilines is 1. The van der Waals surface area contributed by atoms with Gasteiger partial charge in [-0.05, 0) is 62.6 Å². The predicted octanol–water partition coefficient (Wildman–Crippen LogP) is 4.68. The fraction of sp³-hybridized carbons (Fsp3) is 0.240. The number of benzene rings is 3. The van der Waals surface area contributed by atoms with E-state index in [1.165, 1.54) is 4.31 Å². The SMILES string of the molecule is Cc1ccc([C@H](C)NC(=O)CN(c2cccc(C)c2C)S(=O)(=O)c2ccccc2)cc1. The van der Waals surface area contributed by atoms with E-state index in [1.807, 2.05) is 58.0 Å². The smallest absolute Gasteiger partial charge is 0.264 e. The first kappa shape index (κ1) is 22.6. The van der Waals surface area contributed by atoms with Crippen LogP contribution in [0.5, 0.6) is 0 Å². The van der Waals surface area contributed by atoms with Gasteiger partial charge in [-0.1, -0.05) is 60.2 Å². The number of carbonyl (C=O) groups is 1. The third kappa shape index (κ3) is 5.14. The molecule has 0 aromatic heterocycles. The molecule has 1 amide bonds. The summed E-state index contributed by atoms with van der Waals surface area (Å²) in [7, 11) is -3.92. The second-order valence-corrected chi connectivity index (χ2v) is 9.61. The lowest BCUT2D eigenvalue weighted by Crippen LogP contribution is -2.42. The van der Waals surface area contributed by atoms with Crippen LogP contribution in [0, 0.1) is 20.8 Å². The normalized spacial score (nSPS) is 12.3. The number of hydrogen-bond donors (Lipinski definition) is 1. The van der Waals surface area contributed by atoms with Crippen LogP contribution in [0.1, 0.15) is 35.2 Å². The fourth-order valence-corrected chi connectivity index (χ4v) is 4.88. The first-order valence-corrected chi connectivity index (χ1v) is 11.6. The number of sulfonamides is 1. The molecule has 31 heavy (non-hydrogen) atoms. The number of rotatable bonds is 7. The molecule has 1 atom stereocenters. The zero-order valence-electron chi connectivity index (χ0n) is 18.3. The molecule has 0 fully saturated rings. The van der Waals surface area contributed by atoms with Crippen LogP contribution < -0.4 is 9.62 Å². The summed E-state index contributed by atoms with van der Waals surface area (Å²) in [5.74, 6) is -0.367. The van der Waals surface area contributed by atoms with Crippen molar-refractivity contribution in [3.8, 4) is 0 Å².